The Morgan fingerprint density at radius 2 is 2.19 bits per heavy atom. The van der Waals surface area contributed by atoms with Crippen molar-refractivity contribution in [1.29, 1.82) is 0 Å². The summed E-state index contributed by atoms with van der Waals surface area (Å²) >= 11 is 0. The molecule has 0 radical (unpaired) electrons. The minimum absolute atomic E-state index is 0.0704. The highest BCUT2D eigenvalue weighted by Gasteiger charge is 2.24. The Hall–Kier alpha value is -1.47. The van der Waals surface area contributed by atoms with Gasteiger partial charge in [-0.2, -0.15) is 4.98 Å². The number of amides is 1. The van der Waals surface area contributed by atoms with Crippen LogP contribution in [0, 0.1) is 12.8 Å². The molecule has 2 rings (SSSR count). The van der Waals surface area contributed by atoms with Crippen molar-refractivity contribution < 1.29 is 14.1 Å². The molecule has 7 nitrogen and oxygen atoms in total. The number of aromatic nitrogens is 2. The summed E-state index contributed by atoms with van der Waals surface area (Å²) in [6, 6.07) is -0.282. The van der Waals surface area contributed by atoms with Gasteiger partial charge in [-0.25, -0.2) is 0 Å². The summed E-state index contributed by atoms with van der Waals surface area (Å²) < 4.78 is 10.8. The number of carbonyl (C=O) groups is 1. The van der Waals surface area contributed by atoms with Crippen LogP contribution in [0.25, 0.3) is 0 Å². The molecule has 0 aromatic carbocycles. The van der Waals surface area contributed by atoms with Gasteiger partial charge >= 0.3 is 0 Å². The van der Waals surface area contributed by atoms with E-state index in [2.05, 4.69) is 20.8 Å². The number of hydrogen-bond acceptors (Lipinski definition) is 6. The number of nitrogens with one attached hydrogen (secondary N) is 2. The zero-order valence-corrected chi connectivity index (χ0v) is 12.9. The first-order valence-electron chi connectivity index (χ1n) is 7.48. The van der Waals surface area contributed by atoms with Gasteiger partial charge in [0, 0.05) is 0 Å². The molecule has 2 N–H and O–H groups in total. The number of carbonyl (C=O) groups excluding carboxylic acids is 1. The quantitative estimate of drug-likeness (QED) is 0.813. The third kappa shape index (κ3) is 4.78. The molecule has 1 aromatic rings. The van der Waals surface area contributed by atoms with Gasteiger partial charge in [0.1, 0.15) is 12.6 Å². The molecule has 2 heterocycles. The largest absolute Gasteiger partial charge is 0.368 e. The van der Waals surface area contributed by atoms with Crippen molar-refractivity contribution >= 4 is 5.91 Å². The van der Waals surface area contributed by atoms with Crippen LogP contribution in [-0.2, 0) is 9.53 Å². The molecule has 1 aliphatic rings. The fraction of sp³-hybridized carbons (Fsp3) is 0.786. The summed E-state index contributed by atoms with van der Waals surface area (Å²) in [6.07, 6.45) is 2.06. The molecular weight excluding hydrogens is 272 g/mol. The SMILES string of the molecule is Cc1noc(C(NC(=O)COC2CCNCC2)C(C)C)n1. The predicted molar refractivity (Wildman–Crippen MR) is 76.6 cm³/mol. The first-order chi connectivity index (χ1) is 10.1. The summed E-state index contributed by atoms with van der Waals surface area (Å²) in [5.74, 6) is 1.02. The Morgan fingerprint density at radius 1 is 1.48 bits per heavy atom. The van der Waals surface area contributed by atoms with Crippen molar-refractivity contribution in [3.8, 4) is 0 Å². The smallest absolute Gasteiger partial charge is 0.249 e. The minimum atomic E-state index is -0.282. The number of nitrogens with zero attached hydrogens (tertiary/aromatic N) is 2. The summed E-state index contributed by atoms with van der Waals surface area (Å²) in [4.78, 5) is 16.2. The predicted octanol–water partition coefficient (Wildman–Crippen LogP) is 0.960. The van der Waals surface area contributed by atoms with E-state index in [1.165, 1.54) is 0 Å². The average molecular weight is 296 g/mol. The summed E-state index contributed by atoms with van der Waals surface area (Å²) in [7, 11) is 0. The third-order valence-corrected chi connectivity index (χ3v) is 3.53. The molecule has 21 heavy (non-hydrogen) atoms. The third-order valence-electron chi connectivity index (χ3n) is 3.53. The number of aryl methyl sites for hydroxylation is 1. The van der Waals surface area contributed by atoms with Gasteiger partial charge in [-0.15, -0.1) is 0 Å². The van der Waals surface area contributed by atoms with E-state index < -0.39 is 0 Å². The van der Waals surface area contributed by atoms with E-state index in [9.17, 15) is 4.79 Å². The summed E-state index contributed by atoms with van der Waals surface area (Å²) in [6.45, 7) is 7.72. The van der Waals surface area contributed by atoms with Gasteiger partial charge in [-0.3, -0.25) is 4.79 Å². The molecule has 118 valence electrons. The van der Waals surface area contributed by atoms with Gasteiger partial charge in [-0.05, 0) is 38.8 Å². The summed E-state index contributed by atoms with van der Waals surface area (Å²) in [5, 5.41) is 9.95. The maximum absolute atomic E-state index is 12.0. The van der Waals surface area contributed by atoms with Crippen LogP contribution < -0.4 is 10.6 Å². The Labute approximate surface area is 124 Å². The van der Waals surface area contributed by atoms with E-state index >= 15 is 0 Å². The topological polar surface area (TPSA) is 89.3 Å². The standard InChI is InChI=1S/C14H24N4O3/c1-9(2)13(14-16-10(3)18-21-14)17-12(19)8-20-11-4-6-15-7-5-11/h9,11,13,15H,4-8H2,1-3H3,(H,17,19). The molecule has 1 aliphatic heterocycles. The Bertz CT molecular complexity index is 455. The van der Waals surface area contributed by atoms with E-state index in [-0.39, 0.29) is 30.6 Å². The van der Waals surface area contributed by atoms with Crippen molar-refractivity contribution in [2.24, 2.45) is 5.92 Å². The van der Waals surface area contributed by atoms with Crippen molar-refractivity contribution in [3.05, 3.63) is 11.7 Å². The van der Waals surface area contributed by atoms with Crippen LogP contribution in [0.15, 0.2) is 4.52 Å². The molecule has 1 aromatic heterocycles. The number of hydrogen-bond donors (Lipinski definition) is 2. The van der Waals surface area contributed by atoms with Crippen LogP contribution in [0.2, 0.25) is 0 Å². The van der Waals surface area contributed by atoms with Crippen molar-refractivity contribution in [2.45, 2.75) is 45.8 Å². The first kappa shape index (κ1) is 15.9. The van der Waals surface area contributed by atoms with Gasteiger partial charge in [0.05, 0.1) is 6.10 Å². The van der Waals surface area contributed by atoms with E-state index in [1.807, 2.05) is 13.8 Å². The molecule has 0 saturated carbocycles. The van der Waals surface area contributed by atoms with Gasteiger partial charge in [0.25, 0.3) is 0 Å². The van der Waals surface area contributed by atoms with Crippen LogP contribution in [0.1, 0.15) is 44.4 Å². The zero-order valence-electron chi connectivity index (χ0n) is 12.9. The Balaban J connectivity index is 1.83. The second-order valence-electron chi connectivity index (χ2n) is 5.73. The van der Waals surface area contributed by atoms with E-state index in [1.54, 1.807) is 6.92 Å². The molecule has 1 atom stereocenters. The van der Waals surface area contributed by atoms with E-state index in [4.69, 9.17) is 9.26 Å². The van der Waals surface area contributed by atoms with Crippen LogP contribution in [-0.4, -0.2) is 41.8 Å². The van der Waals surface area contributed by atoms with Crippen molar-refractivity contribution in [1.82, 2.24) is 20.8 Å². The monoisotopic (exact) mass is 296 g/mol. The molecule has 1 saturated heterocycles. The lowest BCUT2D eigenvalue weighted by Gasteiger charge is -2.23. The highest BCUT2D eigenvalue weighted by molar-refractivity contribution is 5.77. The molecule has 1 fully saturated rings. The number of rotatable bonds is 6. The molecule has 1 amide bonds. The van der Waals surface area contributed by atoms with Crippen molar-refractivity contribution in [2.75, 3.05) is 19.7 Å². The fourth-order valence-electron chi connectivity index (χ4n) is 2.32. The number of piperidine rings is 1. The lowest BCUT2D eigenvalue weighted by atomic mass is 10.0. The van der Waals surface area contributed by atoms with Gasteiger partial charge < -0.3 is 19.9 Å². The fourth-order valence-corrected chi connectivity index (χ4v) is 2.32. The Kier molecular flexibility index (Phi) is 5.69. The van der Waals surface area contributed by atoms with E-state index in [0.29, 0.717) is 11.7 Å². The molecule has 7 heteroatoms. The minimum Gasteiger partial charge on any atom is -0.368 e. The maximum Gasteiger partial charge on any atom is 0.249 e. The lowest BCUT2D eigenvalue weighted by molar-refractivity contribution is -0.129. The summed E-state index contributed by atoms with van der Waals surface area (Å²) in [5.41, 5.74) is 0. The highest BCUT2D eigenvalue weighted by Crippen LogP contribution is 2.19. The second kappa shape index (κ2) is 7.51. The van der Waals surface area contributed by atoms with Gasteiger partial charge in [0.2, 0.25) is 11.8 Å². The highest BCUT2D eigenvalue weighted by atomic mass is 16.5. The zero-order chi connectivity index (χ0) is 15.2. The molecule has 1 unspecified atom stereocenters. The second-order valence-corrected chi connectivity index (χ2v) is 5.73. The van der Waals surface area contributed by atoms with Crippen LogP contribution in [0.5, 0.6) is 0 Å². The van der Waals surface area contributed by atoms with Gasteiger partial charge in [-0.1, -0.05) is 19.0 Å². The number of ether oxygens (including phenoxy) is 1. The van der Waals surface area contributed by atoms with Gasteiger partial charge in [0.15, 0.2) is 5.82 Å². The Morgan fingerprint density at radius 3 is 2.76 bits per heavy atom. The molecule has 0 bridgehead atoms. The first-order valence-corrected chi connectivity index (χ1v) is 7.48. The van der Waals surface area contributed by atoms with E-state index in [0.717, 1.165) is 25.9 Å². The molecule has 0 spiro atoms. The van der Waals surface area contributed by atoms with Crippen LogP contribution in [0.3, 0.4) is 0 Å². The molecular formula is C14H24N4O3. The van der Waals surface area contributed by atoms with Crippen LogP contribution in [0.4, 0.5) is 0 Å². The maximum atomic E-state index is 12.0. The normalized spacial score (nSPS) is 17.9. The van der Waals surface area contributed by atoms with Crippen LogP contribution >= 0.6 is 0 Å². The van der Waals surface area contributed by atoms with Crippen molar-refractivity contribution in [3.63, 3.8) is 0 Å². The average Bonchev–Trinajstić information content (AvgIpc) is 2.89. The molecule has 0 aliphatic carbocycles. The lowest BCUT2D eigenvalue weighted by Crippen LogP contribution is -2.38.